The van der Waals surface area contributed by atoms with Crippen molar-refractivity contribution in [3.05, 3.63) is 95.9 Å². The molecule has 3 aromatic carbocycles. The molecule has 0 radical (unpaired) electrons. The highest BCUT2D eigenvalue weighted by Gasteiger charge is 2.40. The summed E-state index contributed by atoms with van der Waals surface area (Å²) in [5, 5.41) is 9.96. The highest BCUT2D eigenvalue weighted by molar-refractivity contribution is 6.09. The molecule has 0 bridgehead atoms. The highest BCUT2D eigenvalue weighted by Crippen LogP contribution is 2.35. The minimum Gasteiger partial charge on any atom is -0.404 e. The van der Waals surface area contributed by atoms with E-state index in [2.05, 4.69) is 50.1 Å². The van der Waals surface area contributed by atoms with E-state index in [0.717, 1.165) is 90.9 Å². The molecule has 12 nitrogen and oxygen atoms in total. The van der Waals surface area contributed by atoms with Crippen LogP contribution in [-0.4, -0.2) is 76.1 Å². The van der Waals surface area contributed by atoms with Crippen molar-refractivity contribution in [2.24, 2.45) is 10.7 Å². The smallest absolute Gasteiger partial charge is 0.255 e. The van der Waals surface area contributed by atoms with Crippen LogP contribution in [0.1, 0.15) is 73.0 Å². The Balaban J connectivity index is 0.851. The molecule has 272 valence electrons. The zero-order valence-corrected chi connectivity index (χ0v) is 29.7. The van der Waals surface area contributed by atoms with Crippen LogP contribution in [0.15, 0.2) is 84.1 Å². The van der Waals surface area contributed by atoms with Crippen molar-refractivity contribution in [2.45, 2.75) is 82.1 Å². The molecule has 0 spiro atoms. The molecule has 3 unspecified atom stereocenters. The number of carbonyl (C=O) groups is 3. The van der Waals surface area contributed by atoms with Gasteiger partial charge in [-0.1, -0.05) is 24.3 Å². The zero-order valence-electron chi connectivity index (χ0n) is 29.7. The Hall–Kier alpha value is -5.78. The molecular weight excluding hydrogens is 667 g/mol. The topological polar surface area (TPSA) is 158 Å². The summed E-state index contributed by atoms with van der Waals surface area (Å²) in [4.78, 5) is 55.8. The van der Waals surface area contributed by atoms with E-state index in [1.54, 1.807) is 17.3 Å². The second-order valence-corrected chi connectivity index (χ2v) is 14.5. The molecule has 4 aromatic rings. The third-order valence-electron chi connectivity index (χ3n) is 11.0. The maximum Gasteiger partial charge on any atom is 0.255 e. The molecule has 1 aliphatic carbocycles. The predicted molar refractivity (Wildman–Crippen MR) is 208 cm³/mol. The van der Waals surface area contributed by atoms with Crippen LogP contribution in [-0.2, 0) is 16.1 Å². The molecular formula is C41H45N9O3. The number of carbonyl (C=O) groups excluding carboxylic acids is 3. The van der Waals surface area contributed by atoms with Crippen molar-refractivity contribution >= 4 is 57.6 Å². The van der Waals surface area contributed by atoms with Crippen molar-refractivity contribution in [2.75, 3.05) is 28.6 Å². The van der Waals surface area contributed by atoms with Crippen LogP contribution < -0.4 is 26.6 Å². The van der Waals surface area contributed by atoms with E-state index < -0.39 is 6.04 Å². The summed E-state index contributed by atoms with van der Waals surface area (Å²) in [6.07, 6.45) is 11.8. The van der Waals surface area contributed by atoms with Crippen LogP contribution in [0.2, 0.25) is 0 Å². The van der Waals surface area contributed by atoms with Gasteiger partial charge < -0.3 is 26.2 Å². The lowest BCUT2D eigenvalue weighted by atomic mass is 9.90. The number of hydrogen-bond acceptors (Lipinski definition) is 10. The van der Waals surface area contributed by atoms with E-state index in [1.807, 2.05) is 48.7 Å². The van der Waals surface area contributed by atoms with Gasteiger partial charge in [0.1, 0.15) is 6.04 Å². The number of rotatable bonds is 9. The molecule has 53 heavy (non-hydrogen) atoms. The Morgan fingerprint density at radius 2 is 1.70 bits per heavy atom. The molecule has 4 heterocycles. The van der Waals surface area contributed by atoms with E-state index in [-0.39, 0.29) is 36.2 Å². The minimum absolute atomic E-state index is 0.150. The Labute approximate surface area is 309 Å². The SMILES string of the molecule is NC=C(C=NC1CCN(c2cccc(NC3CCCC(Nc4cccc5c4CN(C4CCC(=O)NC4=O)C5=O)C3)c2)CC1)c1cnc2ccccc2n1. The van der Waals surface area contributed by atoms with Gasteiger partial charge in [0.15, 0.2) is 0 Å². The molecule has 8 rings (SSSR count). The van der Waals surface area contributed by atoms with Gasteiger partial charge in [-0.3, -0.25) is 29.7 Å². The van der Waals surface area contributed by atoms with Gasteiger partial charge in [-0.15, -0.1) is 0 Å². The molecule has 1 saturated carbocycles. The molecule has 3 atom stereocenters. The summed E-state index contributed by atoms with van der Waals surface area (Å²) in [7, 11) is 0. The molecule has 3 amide bonds. The predicted octanol–water partition coefficient (Wildman–Crippen LogP) is 5.27. The normalized spacial score (nSPS) is 22.7. The van der Waals surface area contributed by atoms with E-state index in [9.17, 15) is 14.4 Å². The number of piperidine rings is 2. The number of benzene rings is 3. The van der Waals surface area contributed by atoms with Gasteiger partial charge in [0, 0.05) is 84.3 Å². The van der Waals surface area contributed by atoms with Gasteiger partial charge >= 0.3 is 0 Å². The second kappa shape index (κ2) is 15.1. The Morgan fingerprint density at radius 1 is 0.906 bits per heavy atom. The maximum atomic E-state index is 13.3. The number of amides is 3. The van der Waals surface area contributed by atoms with Crippen LogP contribution in [0.25, 0.3) is 16.6 Å². The zero-order chi connectivity index (χ0) is 36.3. The lowest BCUT2D eigenvalue weighted by Gasteiger charge is -2.34. The monoisotopic (exact) mass is 711 g/mol. The van der Waals surface area contributed by atoms with Crippen LogP contribution in [0, 0.1) is 0 Å². The Kier molecular flexibility index (Phi) is 9.75. The summed E-state index contributed by atoms with van der Waals surface area (Å²) < 4.78 is 0. The number of hydrogen-bond donors (Lipinski definition) is 4. The van der Waals surface area contributed by atoms with E-state index in [4.69, 9.17) is 15.7 Å². The Morgan fingerprint density at radius 3 is 2.51 bits per heavy atom. The number of nitrogens with two attached hydrogens (primary N) is 1. The summed E-state index contributed by atoms with van der Waals surface area (Å²) in [5.41, 5.74) is 14.0. The number of aromatic nitrogens is 2. The van der Waals surface area contributed by atoms with Crippen molar-refractivity contribution in [3.8, 4) is 0 Å². The lowest BCUT2D eigenvalue weighted by molar-refractivity contribution is -0.136. The molecule has 4 aliphatic rings. The van der Waals surface area contributed by atoms with Crippen LogP contribution >= 0.6 is 0 Å². The standard InChI is InChI=1S/C41H45N9O3/c42-22-26(37-24-44-35-11-1-2-12-36(35)47-37)23-43-27-16-18-49(19-17-27)31-9-4-8-30(21-31)45-28-6-3-7-29(20-28)46-34-13-5-10-32-33(34)25-50(41(32)53)38-14-15-39(51)48-40(38)52/h1-2,4-5,8-13,21-24,27-29,38,45-46H,3,6-7,14-20,25,42H2,(H,48,51,52). The summed E-state index contributed by atoms with van der Waals surface area (Å²) in [6.45, 7) is 2.20. The third kappa shape index (κ3) is 7.44. The number of fused-ring (bicyclic) bond motifs is 2. The van der Waals surface area contributed by atoms with Crippen LogP contribution in [0.4, 0.5) is 17.1 Å². The fraction of sp³-hybridized carbons (Fsp3) is 0.366. The van der Waals surface area contributed by atoms with Crippen LogP contribution in [0.3, 0.4) is 0 Å². The first kappa shape index (κ1) is 34.3. The van der Waals surface area contributed by atoms with Crippen molar-refractivity contribution in [3.63, 3.8) is 0 Å². The maximum absolute atomic E-state index is 13.3. The van der Waals surface area contributed by atoms with E-state index >= 15 is 0 Å². The van der Waals surface area contributed by atoms with Gasteiger partial charge in [-0.05, 0) is 87.4 Å². The average Bonchev–Trinajstić information content (AvgIpc) is 3.52. The minimum atomic E-state index is -0.622. The first-order chi connectivity index (χ1) is 25.9. The summed E-state index contributed by atoms with van der Waals surface area (Å²) in [5.74, 6) is -0.820. The fourth-order valence-electron chi connectivity index (χ4n) is 8.17. The number of para-hydroxylation sites is 2. The molecule has 1 aromatic heterocycles. The average molecular weight is 712 g/mol. The lowest BCUT2D eigenvalue weighted by Crippen LogP contribution is -2.52. The molecule has 2 saturated heterocycles. The number of anilines is 3. The summed E-state index contributed by atoms with van der Waals surface area (Å²) in [6, 6.07) is 22.4. The number of imide groups is 1. The number of nitrogens with one attached hydrogen (secondary N) is 3. The second-order valence-electron chi connectivity index (χ2n) is 14.5. The number of allylic oxidation sites excluding steroid dienone is 1. The van der Waals surface area contributed by atoms with Crippen molar-refractivity contribution < 1.29 is 14.4 Å². The molecule has 3 fully saturated rings. The third-order valence-corrected chi connectivity index (χ3v) is 11.0. The largest absolute Gasteiger partial charge is 0.404 e. The van der Waals surface area contributed by atoms with Gasteiger partial charge in [-0.25, -0.2) is 4.98 Å². The van der Waals surface area contributed by atoms with E-state index in [1.165, 1.54) is 5.69 Å². The quantitative estimate of drug-likeness (QED) is 0.134. The molecule has 5 N–H and O–H groups in total. The van der Waals surface area contributed by atoms with Gasteiger partial charge in [0.05, 0.1) is 29.0 Å². The summed E-state index contributed by atoms with van der Waals surface area (Å²) >= 11 is 0. The Bertz CT molecular complexity index is 2090. The number of nitrogens with zero attached hydrogens (tertiary/aromatic N) is 5. The fourth-order valence-corrected chi connectivity index (χ4v) is 8.17. The van der Waals surface area contributed by atoms with Gasteiger partial charge in [-0.2, -0.15) is 0 Å². The van der Waals surface area contributed by atoms with Crippen molar-refractivity contribution in [1.29, 1.82) is 0 Å². The highest BCUT2D eigenvalue weighted by atomic mass is 16.2. The first-order valence-electron chi connectivity index (χ1n) is 18.7. The van der Waals surface area contributed by atoms with Crippen LogP contribution in [0.5, 0.6) is 0 Å². The number of aliphatic imine (C=N–C) groups is 1. The van der Waals surface area contributed by atoms with Gasteiger partial charge in [0.25, 0.3) is 5.91 Å². The molecule has 12 heteroatoms. The van der Waals surface area contributed by atoms with Gasteiger partial charge in [0.2, 0.25) is 11.8 Å². The molecule has 3 aliphatic heterocycles. The van der Waals surface area contributed by atoms with Crippen molar-refractivity contribution in [1.82, 2.24) is 20.2 Å². The van der Waals surface area contributed by atoms with E-state index in [0.29, 0.717) is 24.6 Å². The first-order valence-corrected chi connectivity index (χ1v) is 18.7.